The van der Waals surface area contributed by atoms with Crippen LogP contribution in [0.4, 0.5) is 13.2 Å². The highest BCUT2D eigenvalue weighted by Gasteiger charge is 2.20. The average molecular weight is 232 g/mol. The maximum Gasteiger partial charge on any atom is 0.387 e. The van der Waals surface area contributed by atoms with Gasteiger partial charge in [0.25, 0.3) is 0 Å². The number of rotatable bonds is 4. The van der Waals surface area contributed by atoms with Crippen LogP contribution in [0.1, 0.15) is 29.8 Å². The smallest absolute Gasteiger partial charge is 0.387 e. The molecule has 0 radical (unpaired) electrons. The van der Waals surface area contributed by atoms with E-state index in [0.29, 0.717) is 12.0 Å². The fraction of sp³-hybridized carbons (Fsp3) is 0.364. The lowest BCUT2D eigenvalue weighted by Gasteiger charge is -2.13. The minimum atomic E-state index is -3.08. The van der Waals surface area contributed by atoms with E-state index in [1.54, 1.807) is 6.92 Å². The lowest BCUT2D eigenvalue weighted by Crippen LogP contribution is -2.10. The highest BCUT2D eigenvalue weighted by atomic mass is 19.3. The molecule has 5 heteroatoms. The fourth-order valence-corrected chi connectivity index (χ4v) is 1.43. The van der Waals surface area contributed by atoms with Gasteiger partial charge in [-0.15, -0.1) is 0 Å². The van der Waals surface area contributed by atoms with Crippen molar-refractivity contribution in [3.63, 3.8) is 0 Å². The second-order valence-corrected chi connectivity index (χ2v) is 3.20. The van der Waals surface area contributed by atoms with Gasteiger partial charge < -0.3 is 4.74 Å². The van der Waals surface area contributed by atoms with Crippen molar-refractivity contribution in [1.82, 2.24) is 0 Å². The molecule has 0 spiro atoms. The molecule has 0 aliphatic heterocycles. The van der Waals surface area contributed by atoms with E-state index in [2.05, 4.69) is 4.74 Å². The van der Waals surface area contributed by atoms with E-state index < -0.39 is 23.8 Å². The molecule has 0 atom stereocenters. The van der Waals surface area contributed by atoms with Crippen LogP contribution in [0.3, 0.4) is 0 Å². The molecule has 0 saturated heterocycles. The summed E-state index contributed by atoms with van der Waals surface area (Å²) in [5.74, 6) is -1.84. The van der Waals surface area contributed by atoms with E-state index in [1.807, 2.05) is 0 Å². The van der Waals surface area contributed by atoms with Crippen LogP contribution in [-0.2, 0) is 6.42 Å². The highest BCUT2D eigenvalue weighted by Crippen LogP contribution is 2.29. The highest BCUT2D eigenvalue weighted by molar-refractivity contribution is 5.97. The number of hydrogen-bond donors (Lipinski definition) is 0. The molecule has 0 heterocycles. The molecule has 0 aliphatic carbocycles. The first-order chi connectivity index (χ1) is 7.47. The van der Waals surface area contributed by atoms with Crippen LogP contribution in [-0.4, -0.2) is 12.4 Å². The topological polar surface area (TPSA) is 26.3 Å². The Bertz CT molecular complexity index is 402. The summed E-state index contributed by atoms with van der Waals surface area (Å²) in [6.45, 7) is -0.267. The molecule has 1 rings (SSSR count). The van der Waals surface area contributed by atoms with Crippen LogP contribution >= 0.6 is 0 Å². The molecule has 0 aliphatic rings. The van der Waals surface area contributed by atoms with E-state index in [1.165, 1.54) is 6.07 Å². The number of aryl methyl sites for hydroxylation is 1. The molecule has 0 amide bonds. The number of halogens is 3. The number of ether oxygens (including phenoxy) is 1. The minimum absolute atomic E-state index is 0.356. The van der Waals surface area contributed by atoms with Crippen molar-refractivity contribution < 1.29 is 22.7 Å². The van der Waals surface area contributed by atoms with Gasteiger partial charge in [0.2, 0.25) is 0 Å². The molecule has 0 aromatic heterocycles. The van der Waals surface area contributed by atoms with E-state index in [-0.39, 0.29) is 5.75 Å². The van der Waals surface area contributed by atoms with Crippen LogP contribution in [0.2, 0.25) is 0 Å². The van der Waals surface area contributed by atoms with Gasteiger partial charge in [0.15, 0.2) is 5.78 Å². The van der Waals surface area contributed by atoms with Gasteiger partial charge in [-0.3, -0.25) is 4.79 Å². The Hall–Kier alpha value is -1.52. The van der Waals surface area contributed by atoms with Gasteiger partial charge in [-0.25, -0.2) is 4.39 Å². The molecular formula is C11H11F3O2. The minimum Gasteiger partial charge on any atom is -0.434 e. The SMILES string of the molecule is CCc1ccc(F)c(C(C)=O)c1OC(F)F. The van der Waals surface area contributed by atoms with Crippen molar-refractivity contribution in [1.29, 1.82) is 0 Å². The zero-order valence-corrected chi connectivity index (χ0v) is 8.89. The van der Waals surface area contributed by atoms with Crippen LogP contribution in [0.25, 0.3) is 0 Å². The van der Waals surface area contributed by atoms with Crippen LogP contribution in [0, 0.1) is 5.82 Å². The van der Waals surface area contributed by atoms with E-state index in [9.17, 15) is 18.0 Å². The zero-order valence-electron chi connectivity index (χ0n) is 8.89. The summed E-state index contributed by atoms with van der Waals surface area (Å²) in [5.41, 5.74) is -0.0356. The predicted octanol–water partition coefficient (Wildman–Crippen LogP) is 3.19. The van der Waals surface area contributed by atoms with Gasteiger partial charge in [0.1, 0.15) is 11.6 Å². The second kappa shape index (κ2) is 5.01. The third-order valence-corrected chi connectivity index (χ3v) is 2.13. The molecule has 1 aromatic carbocycles. The standard InChI is InChI=1S/C11H11F3O2/c1-3-7-4-5-8(12)9(6(2)15)10(7)16-11(13)14/h4-5,11H,3H2,1-2H3. The predicted molar refractivity (Wildman–Crippen MR) is 52.4 cm³/mol. The number of benzene rings is 1. The van der Waals surface area contributed by atoms with Gasteiger partial charge in [-0.2, -0.15) is 8.78 Å². The van der Waals surface area contributed by atoms with Crippen molar-refractivity contribution in [2.75, 3.05) is 0 Å². The summed E-state index contributed by atoms with van der Waals surface area (Å²) in [4.78, 5) is 11.2. The molecule has 0 saturated carbocycles. The Morgan fingerprint density at radius 1 is 1.44 bits per heavy atom. The van der Waals surface area contributed by atoms with Crippen molar-refractivity contribution in [2.24, 2.45) is 0 Å². The quantitative estimate of drug-likeness (QED) is 0.745. The molecule has 88 valence electrons. The summed E-state index contributed by atoms with van der Waals surface area (Å²) < 4.78 is 41.8. The van der Waals surface area contributed by atoms with Crippen molar-refractivity contribution in [2.45, 2.75) is 26.9 Å². The Morgan fingerprint density at radius 2 is 2.06 bits per heavy atom. The third kappa shape index (κ3) is 2.53. The van der Waals surface area contributed by atoms with Crippen molar-refractivity contribution in [3.05, 3.63) is 29.1 Å². The van der Waals surface area contributed by atoms with Gasteiger partial charge in [0.05, 0.1) is 5.56 Å². The number of carbonyl (C=O) groups excluding carboxylic acids is 1. The van der Waals surface area contributed by atoms with Crippen molar-refractivity contribution >= 4 is 5.78 Å². The Labute approximate surface area is 91.0 Å². The molecule has 2 nitrogen and oxygen atoms in total. The van der Waals surface area contributed by atoms with E-state index in [4.69, 9.17) is 0 Å². The molecule has 0 N–H and O–H groups in total. The number of ketones is 1. The number of carbonyl (C=O) groups is 1. The van der Waals surface area contributed by atoms with E-state index >= 15 is 0 Å². The normalized spacial score (nSPS) is 10.6. The van der Waals surface area contributed by atoms with Crippen molar-refractivity contribution in [3.8, 4) is 5.75 Å². The summed E-state index contributed by atoms with van der Waals surface area (Å²) in [6, 6.07) is 2.41. The lowest BCUT2D eigenvalue weighted by molar-refractivity contribution is -0.0508. The number of alkyl halides is 2. The summed E-state index contributed by atoms with van der Waals surface area (Å²) in [5, 5.41) is 0. The number of hydrogen-bond acceptors (Lipinski definition) is 2. The molecule has 0 bridgehead atoms. The largest absolute Gasteiger partial charge is 0.434 e. The van der Waals surface area contributed by atoms with Gasteiger partial charge in [0, 0.05) is 0 Å². The fourth-order valence-electron chi connectivity index (χ4n) is 1.43. The Morgan fingerprint density at radius 3 is 2.50 bits per heavy atom. The van der Waals surface area contributed by atoms with E-state index in [0.717, 1.165) is 13.0 Å². The first-order valence-electron chi connectivity index (χ1n) is 4.74. The Balaban J connectivity index is 3.36. The van der Waals surface area contributed by atoms with Crippen LogP contribution < -0.4 is 4.74 Å². The van der Waals surface area contributed by atoms with Gasteiger partial charge in [-0.05, 0) is 25.0 Å². The second-order valence-electron chi connectivity index (χ2n) is 3.20. The molecule has 0 unspecified atom stereocenters. The third-order valence-electron chi connectivity index (χ3n) is 2.13. The lowest BCUT2D eigenvalue weighted by atomic mass is 10.0. The first-order valence-corrected chi connectivity index (χ1v) is 4.74. The van der Waals surface area contributed by atoms with Gasteiger partial charge >= 0.3 is 6.61 Å². The maximum atomic E-state index is 13.3. The zero-order chi connectivity index (χ0) is 12.3. The maximum absolute atomic E-state index is 13.3. The number of Topliss-reactive ketones (excluding diaryl/α,β-unsaturated/α-hetero) is 1. The summed E-state index contributed by atoms with van der Waals surface area (Å²) >= 11 is 0. The van der Waals surface area contributed by atoms with Gasteiger partial charge in [-0.1, -0.05) is 13.0 Å². The average Bonchev–Trinajstić information content (AvgIpc) is 2.16. The summed E-state index contributed by atoms with van der Waals surface area (Å²) in [7, 11) is 0. The molecule has 1 aromatic rings. The summed E-state index contributed by atoms with van der Waals surface area (Å²) in [6.07, 6.45) is 0.378. The van der Waals surface area contributed by atoms with Crippen LogP contribution in [0.5, 0.6) is 5.75 Å². The first kappa shape index (κ1) is 12.5. The molecular weight excluding hydrogens is 221 g/mol. The monoisotopic (exact) mass is 232 g/mol. The Kier molecular flexibility index (Phi) is 3.93. The molecule has 16 heavy (non-hydrogen) atoms. The van der Waals surface area contributed by atoms with Crippen LogP contribution in [0.15, 0.2) is 12.1 Å². The molecule has 0 fully saturated rings.